The van der Waals surface area contributed by atoms with Crippen LogP contribution in [0.3, 0.4) is 0 Å². The summed E-state index contributed by atoms with van der Waals surface area (Å²) in [5.74, 6) is 0. The Bertz CT molecular complexity index is 5060. The van der Waals surface area contributed by atoms with E-state index in [1.165, 1.54) is 133 Å². The summed E-state index contributed by atoms with van der Waals surface area (Å²) in [4.78, 5) is 2.41. The first-order valence-corrected chi connectivity index (χ1v) is 30.0. The number of hydrogen-bond donors (Lipinski definition) is 0. The van der Waals surface area contributed by atoms with Crippen molar-refractivity contribution in [2.45, 2.75) is 24.7 Å². The van der Waals surface area contributed by atoms with E-state index in [0.717, 1.165) is 28.3 Å². The Hall–Kier alpha value is -10.8. The van der Waals surface area contributed by atoms with E-state index in [1.54, 1.807) is 0 Å². The van der Waals surface area contributed by atoms with E-state index < -0.39 is 5.41 Å². The van der Waals surface area contributed by atoms with Crippen LogP contribution >= 0.6 is 0 Å². The second kappa shape index (κ2) is 19.1. The molecule has 0 N–H and O–H groups in total. The minimum Gasteiger partial charge on any atom is -0.310 e. The van der Waals surface area contributed by atoms with Gasteiger partial charge in [-0.1, -0.05) is 245 Å². The average Bonchev–Trinajstić information content (AvgIpc) is 1.60. The molecule has 0 bridgehead atoms. The van der Waals surface area contributed by atoms with Crippen LogP contribution in [0.4, 0.5) is 17.1 Å². The van der Waals surface area contributed by atoms with Crippen molar-refractivity contribution in [3.05, 3.63) is 343 Å². The van der Waals surface area contributed by atoms with Gasteiger partial charge in [0, 0.05) is 38.9 Å². The quantitative estimate of drug-likeness (QED) is 0.140. The molecule has 3 aliphatic rings. The fraction of sp³-hybridized carbons (Fsp3) is 0.0476. The maximum Gasteiger partial charge on any atom is 0.0725 e. The third kappa shape index (κ3) is 7.33. The van der Waals surface area contributed by atoms with Gasteiger partial charge < -0.3 is 9.47 Å². The van der Waals surface area contributed by atoms with Gasteiger partial charge >= 0.3 is 0 Å². The lowest BCUT2D eigenvalue weighted by Gasteiger charge is -2.31. The molecule has 1 atom stereocenters. The molecule has 1 unspecified atom stereocenters. The summed E-state index contributed by atoms with van der Waals surface area (Å²) in [6, 6.07) is 111. The lowest BCUT2D eigenvalue weighted by molar-refractivity contribution is 0.660. The van der Waals surface area contributed by atoms with Gasteiger partial charge in [0.05, 0.1) is 16.4 Å². The molecule has 1 heterocycles. The summed E-state index contributed by atoms with van der Waals surface area (Å²) in [5.41, 5.74) is 32.8. The largest absolute Gasteiger partial charge is 0.310 e. The molecule has 86 heavy (non-hydrogen) atoms. The van der Waals surface area contributed by atoms with Gasteiger partial charge in [0.25, 0.3) is 0 Å². The molecule has 17 rings (SSSR count). The van der Waals surface area contributed by atoms with Crippen LogP contribution in [0, 0.1) is 0 Å². The SMILES string of the molecule is C=Cc1ccccc1-c1ccc2c(c1)C1(c3ccccc3-c3ccc(-c4ccc(-n5c6ccccc6c6cc(-c7ccc(N(c8ccc(-c9ccccc9)cc8)c8ccc9c(c8)C(C)(C)c8ccccc8-9)cc7)ccc65)cc4)cc31)c1ccccc1-2. The molecule has 3 aliphatic carbocycles. The van der Waals surface area contributed by atoms with Crippen molar-refractivity contribution >= 4 is 44.9 Å². The van der Waals surface area contributed by atoms with E-state index in [-0.39, 0.29) is 5.41 Å². The topological polar surface area (TPSA) is 8.17 Å². The molecular formula is C84H58N2. The van der Waals surface area contributed by atoms with Crippen molar-refractivity contribution in [1.82, 2.24) is 4.57 Å². The van der Waals surface area contributed by atoms with Crippen molar-refractivity contribution in [3.8, 4) is 83.6 Å². The van der Waals surface area contributed by atoms with E-state index in [4.69, 9.17) is 0 Å². The van der Waals surface area contributed by atoms with E-state index in [0.29, 0.717) is 0 Å². The molecule has 14 aromatic rings. The molecular weight excluding hydrogens is 1040 g/mol. The summed E-state index contributed by atoms with van der Waals surface area (Å²) in [6.45, 7) is 8.90. The van der Waals surface area contributed by atoms with Gasteiger partial charge in [-0.3, -0.25) is 0 Å². The highest BCUT2D eigenvalue weighted by molar-refractivity contribution is 6.10. The van der Waals surface area contributed by atoms with Crippen LogP contribution in [0.5, 0.6) is 0 Å². The Labute approximate surface area is 502 Å². The van der Waals surface area contributed by atoms with E-state index in [9.17, 15) is 0 Å². The molecule has 0 radical (unpaired) electrons. The van der Waals surface area contributed by atoms with Crippen molar-refractivity contribution in [2.24, 2.45) is 0 Å². The third-order valence-electron chi connectivity index (χ3n) is 19.2. The predicted molar refractivity (Wildman–Crippen MR) is 361 cm³/mol. The van der Waals surface area contributed by atoms with Gasteiger partial charge in [0.2, 0.25) is 0 Å². The van der Waals surface area contributed by atoms with Crippen molar-refractivity contribution in [1.29, 1.82) is 0 Å². The van der Waals surface area contributed by atoms with E-state index in [1.807, 2.05) is 6.08 Å². The number of rotatable bonds is 9. The number of anilines is 3. The number of para-hydroxylation sites is 1. The lowest BCUT2D eigenvalue weighted by atomic mass is 9.70. The van der Waals surface area contributed by atoms with Crippen LogP contribution in [0.25, 0.3) is 111 Å². The highest BCUT2D eigenvalue weighted by Crippen LogP contribution is 2.64. The highest BCUT2D eigenvalue weighted by Gasteiger charge is 2.52. The maximum absolute atomic E-state index is 4.19. The van der Waals surface area contributed by atoms with Gasteiger partial charge in [-0.25, -0.2) is 0 Å². The first-order valence-electron chi connectivity index (χ1n) is 30.0. The number of hydrogen-bond acceptors (Lipinski definition) is 1. The molecule has 0 saturated heterocycles. The van der Waals surface area contributed by atoms with Crippen LogP contribution in [-0.4, -0.2) is 4.57 Å². The Balaban J connectivity index is 0.724. The lowest BCUT2D eigenvalue weighted by Crippen LogP contribution is -2.26. The van der Waals surface area contributed by atoms with Crippen molar-refractivity contribution < 1.29 is 0 Å². The summed E-state index contributed by atoms with van der Waals surface area (Å²) < 4.78 is 2.43. The van der Waals surface area contributed by atoms with Crippen LogP contribution in [0.2, 0.25) is 0 Å². The third-order valence-corrected chi connectivity index (χ3v) is 19.2. The number of fused-ring (bicyclic) bond motifs is 16. The molecule has 0 fully saturated rings. The molecule has 2 nitrogen and oxygen atoms in total. The zero-order valence-corrected chi connectivity index (χ0v) is 48.0. The van der Waals surface area contributed by atoms with Crippen molar-refractivity contribution in [3.63, 3.8) is 0 Å². The normalized spacial score (nSPS) is 14.6. The molecule has 1 spiro atoms. The average molecular weight is 1100 g/mol. The predicted octanol–water partition coefficient (Wildman–Crippen LogP) is 22.2. The fourth-order valence-electron chi connectivity index (χ4n) is 15.2. The standard InChI is InChI=1S/C84H58N2/c1-4-54-18-8-9-21-66(54)61-37-47-72-69-24-12-16-28-77(69)84(80(72)52-61)76-27-15-11-23-68(76)71-46-36-60(51-79(71)84)58-34-43-64(44-35-58)86-81-29-17-13-25-73(81)74-50-59(38-49-82(74)86)57-32-41-63(42-33-57)85(62-39-30-56(31-40-62)55-19-6-5-7-20-55)65-45-48-70-67-22-10-14-26-75(67)83(2,3)78(70)53-65/h4-53H,1H2,2-3H3. The summed E-state index contributed by atoms with van der Waals surface area (Å²) in [5, 5.41) is 2.46. The first-order chi connectivity index (χ1) is 42.3. The summed E-state index contributed by atoms with van der Waals surface area (Å²) in [7, 11) is 0. The monoisotopic (exact) mass is 1090 g/mol. The molecule has 1 aromatic heterocycles. The molecule has 0 amide bonds. The van der Waals surface area contributed by atoms with Gasteiger partial charge in [0.15, 0.2) is 0 Å². The van der Waals surface area contributed by atoms with E-state index >= 15 is 0 Å². The highest BCUT2D eigenvalue weighted by atomic mass is 15.1. The smallest absolute Gasteiger partial charge is 0.0725 e. The van der Waals surface area contributed by atoms with Gasteiger partial charge in [-0.05, 0) is 196 Å². The zero-order valence-electron chi connectivity index (χ0n) is 48.0. The Morgan fingerprint density at radius 2 is 0.733 bits per heavy atom. The van der Waals surface area contributed by atoms with Crippen LogP contribution in [0.15, 0.2) is 304 Å². The molecule has 0 saturated carbocycles. The Kier molecular flexibility index (Phi) is 11.1. The fourth-order valence-corrected chi connectivity index (χ4v) is 15.2. The maximum atomic E-state index is 4.19. The first kappa shape index (κ1) is 49.8. The van der Waals surface area contributed by atoms with Crippen LogP contribution in [0.1, 0.15) is 52.8 Å². The molecule has 2 heteroatoms. The molecule has 0 aliphatic heterocycles. The number of benzene rings is 13. The molecule has 404 valence electrons. The second-order valence-electron chi connectivity index (χ2n) is 24.0. The minimum absolute atomic E-state index is 0.121. The van der Waals surface area contributed by atoms with Crippen LogP contribution < -0.4 is 4.90 Å². The second-order valence-corrected chi connectivity index (χ2v) is 24.0. The zero-order chi connectivity index (χ0) is 57.3. The van der Waals surface area contributed by atoms with Gasteiger partial charge in [0.1, 0.15) is 0 Å². The number of aromatic nitrogens is 1. The van der Waals surface area contributed by atoms with Gasteiger partial charge in [-0.2, -0.15) is 0 Å². The number of nitrogens with zero attached hydrogens (tertiary/aromatic N) is 2. The molecule has 13 aromatic carbocycles. The Morgan fingerprint density at radius 3 is 1.40 bits per heavy atom. The van der Waals surface area contributed by atoms with Crippen LogP contribution in [-0.2, 0) is 10.8 Å². The Morgan fingerprint density at radius 1 is 0.302 bits per heavy atom. The summed E-state index contributed by atoms with van der Waals surface area (Å²) in [6.07, 6.45) is 1.97. The van der Waals surface area contributed by atoms with Crippen molar-refractivity contribution in [2.75, 3.05) is 4.90 Å². The van der Waals surface area contributed by atoms with E-state index in [2.05, 4.69) is 327 Å². The minimum atomic E-state index is -0.485. The van der Waals surface area contributed by atoms with Gasteiger partial charge in [-0.15, -0.1) is 0 Å². The summed E-state index contributed by atoms with van der Waals surface area (Å²) >= 11 is 0.